The molecule has 1 amide bonds. The number of benzene rings is 1. The largest absolute Gasteiger partial charge is 0.380 e. The quantitative estimate of drug-likeness (QED) is 0.315. The van der Waals surface area contributed by atoms with E-state index in [-0.39, 0.29) is 22.8 Å². The van der Waals surface area contributed by atoms with Crippen LogP contribution < -0.4 is 10.7 Å². The molecule has 1 aliphatic rings. The van der Waals surface area contributed by atoms with Crippen LogP contribution in [0.5, 0.6) is 0 Å². The minimum Gasteiger partial charge on any atom is -0.380 e. The number of aromatic nitrogens is 1. The van der Waals surface area contributed by atoms with Crippen molar-refractivity contribution < 1.29 is 22.7 Å². The van der Waals surface area contributed by atoms with Crippen LogP contribution in [0, 0.1) is 0 Å². The van der Waals surface area contributed by atoms with Crippen LogP contribution in [-0.4, -0.2) is 67.2 Å². The van der Waals surface area contributed by atoms with Crippen molar-refractivity contribution in [3.05, 3.63) is 71.8 Å². The molecule has 12 heteroatoms. The highest BCUT2D eigenvalue weighted by atomic mass is 19.3. The van der Waals surface area contributed by atoms with E-state index < -0.39 is 18.5 Å². The van der Waals surface area contributed by atoms with Crippen LogP contribution in [0.4, 0.5) is 18.9 Å². The molecular formula is C25H28F3N7O2. The molecule has 0 spiro atoms. The van der Waals surface area contributed by atoms with Gasteiger partial charge in [0, 0.05) is 50.3 Å². The molecule has 0 atom stereocenters. The molecule has 1 aromatic carbocycles. The van der Waals surface area contributed by atoms with Crippen molar-refractivity contribution in [2.24, 2.45) is 15.1 Å². The number of guanidine groups is 1. The maximum absolute atomic E-state index is 13.5. The Morgan fingerprint density at radius 2 is 2.11 bits per heavy atom. The van der Waals surface area contributed by atoms with Gasteiger partial charge < -0.3 is 15.0 Å². The Balaban J connectivity index is 1.61. The van der Waals surface area contributed by atoms with E-state index in [0.717, 1.165) is 26.1 Å². The second-order valence-electron chi connectivity index (χ2n) is 8.04. The van der Waals surface area contributed by atoms with Crippen LogP contribution in [0.15, 0.2) is 70.1 Å². The van der Waals surface area contributed by atoms with E-state index >= 15 is 0 Å². The predicted molar refractivity (Wildman–Crippen MR) is 137 cm³/mol. The summed E-state index contributed by atoms with van der Waals surface area (Å²) in [5.74, 6) is -3.03. The van der Waals surface area contributed by atoms with Gasteiger partial charge in [0.2, 0.25) is 5.96 Å². The van der Waals surface area contributed by atoms with Crippen molar-refractivity contribution in [2.75, 3.05) is 38.3 Å². The zero-order valence-electron chi connectivity index (χ0n) is 20.3. The molecule has 2 heterocycles. The van der Waals surface area contributed by atoms with E-state index in [1.807, 2.05) is 4.90 Å². The summed E-state index contributed by atoms with van der Waals surface area (Å²) in [5.41, 5.74) is 3.31. The zero-order valence-corrected chi connectivity index (χ0v) is 20.3. The number of nitrogens with one attached hydrogen (secondary N) is 2. The van der Waals surface area contributed by atoms with Crippen molar-refractivity contribution in [3.63, 3.8) is 0 Å². The van der Waals surface area contributed by atoms with Crippen LogP contribution in [-0.2, 0) is 10.7 Å². The van der Waals surface area contributed by atoms with E-state index in [4.69, 9.17) is 4.74 Å². The van der Waals surface area contributed by atoms with Crippen LogP contribution in [0.2, 0.25) is 0 Å². The summed E-state index contributed by atoms with van der Waals surface area (Å²) in [4.78, 5) is 26.8. The van der Waals surface area contributed by atoms with Crippen molar-refractivity contribution in [1.82, 2.24) is 15.3 Å². The molecule has 0 bridgehead atoms. The second-order valence-corrected chi connectivity index (χ2v) is 8.04. The fourth-order valence-electron chi connectivity index (χ4n) is 3.25. The highest BCUT2D eigenvalue weighted by molar-refractivity contribution is 6.04. The summed E-state index contributed by atoms with van der Waals surface area (Å²) in [6, 6.07) is 8.54. The fraction of sp³-hybridized carbons (Fsp3) is 0.320. The Bertz CT molecular complexity index is 1150. The number of carbonyl (C=O) groups is 1. The van der Waals surface area contributed by atoms with Gasteiger partial charge in [-0.2, -0.15) is 10.1 Å². The van der Waals surface area contributed by atoms with Gasteiger partial charge in [-0.1, -0.05) is 18.7 Å². The number of amides is 1. The summed E-state index contributed by atoms with van der Waals surface area (Å²) >= 11 is 0. The van der Waals surface area contributed by atoms with Gasteiger partial charge in [-0.15, -0.1) is 0 Å². The number of nitrogens with zero attached hydrogens (tertiary/aromatic N) is 5. The monoisotopic (exact) mass is 515 g/mol. The standard InChI is InChI=1S/C25H28F3N7O2/c1-18(35-11-4-13-37-14-12-35)32-24(29-10-9-26)34-31-17-22-8-7-19(16-30-22)23(36)33-21-6-3-5-20(15-21)25(2,27)28/h3,5-8,10,15-17H,1,4,9,11-14H2,2H3,(H,32,34)(H,33,36)/b29-10-,31-17+. The first-order valence-corrected chi connectivity index (χ1v) is 11.5. The smallest absolute Gasteiger partial charge is 0.270 e. The Morgan fingerprint density at radius 1 is 1.27 bits per heavy atom. The van der Waals surface area contributed by atoms with Crippen molar-refractivity contribution >= 4 is 30.0 Å². The summed E-state index contributed by atoms with van der Waals surface area (Å²) in [7, 11) is 0. The Kier molecular flexibility index (Phi) is 9.90. The number of carbonyl (C=O) groups excluding carboxylic acids is 1. The van der Waals surface area contributed by atoms with Gasteiger partial charge in [0.25, 0.3) is 11.8 Å². The molecule has 1 fully saturated rings. The molecule has 2 aromatic rings. The highest BCUT2D eigenvalue weighted by Crippen LogP contribution is 2.28. The maximum Gasteiger partial charge on any atom is 0.270 e. The fourth-order valence-corrected chi connectivity index (χ4v) is 3.25. The molecule has 196 valence electrons. The molecule has 1 aliphatic heterocycles. The molecule has 0 radical (unpaired) electrons. The van der Waals surface area contributed by atoms with E-state index in [0.29, 0.717) is 31.3 Å². The number of ether oxygens (including phenoxy) is 1. The highest BCUT2D eigenvalue weighted by Gasteiger charge is 2.24. The summed E-state index contributed by atoms with van der Waals surface area (Å²) in [5, 5.41) is 6.60. The lowest BCUT2D eigenvalue weighted by Crippen LogP contribution is -2.26. The van der Waals surface area contributed by atoms with Crippen LogP contribution in [0.3, 0.4) is 0 Å². The summed E-state index contributed by atoms with van der Waals surface area (Å²) in [6.07, 6.45) is 4.58. The molecule has 1 saturated heterocycles. The number of hydrazone groups is 1. The molecule has 1 aromatic heterocycles. The number of hydrogen-bond acceptors (Lipinski definition) is 6. The van der Waals surface area contributed by atoms with Crippen molar-refractivity contribution in [2.45, 2.75) is 19.3 Å². The maximum atomic E-state index is 13.5. The third-order valence-corrected chi connectivity index (χ3v) is 5.14. The Labute approximate surface area is 212 Å². The topological polar surface area (TPSA) is 104 Å². The Morgan fingerprint density at radius 3 is 2.84 bits per heavy atom. The van der Waals surface area contributed by atoms with Crippen LogP contribution in [0.25, 0.3) is 0 Å². The molecule has 0 unspecified atom stereocenters. The lowest BCUT2D eigenvalue weighted by Gasteiger charge is -2.21. The van der Waals surface area contributed by atoms with Crippen LogP contribution >= 0.6 is 0 Å². The van der Waals surface area contributed by atoms with Gasteiger partial charge in [-0.05, 0) is 30.7 Å². The first-order chi connectivity index (χ1) is 17.8. The van der Waals surface area contributed by atoms with E-state index in [1.54, 1.807) is 6.07 Å². The number of rotatable bonds is 8. The van der Waals surface area contributed by atoms with Gasteiger partial charge in [-0.25, -0.2) is 23.6 Å². The molecule has 37 heavy (non-hydrogen) atoms. The van der Waals surface area contributed by atoms with Crippen molar-refractivity contribution in [3.8, 4) is 0 Å². The number of aliphatic imine (C=N–C) groups is 2. The minimum absolute atomic E-state index is 0.0416. The Hall–Kier alpha value is -4.06. The SMILES string of the molecule is C=C(/N=C(\N=C/CF)N/N=C/c1ccc(C(=O)Nc2cccc(C(C)(F)F)c2)cn1)N1CCCOCC1. The first-order valence-electron chi connectivity index (χ1n) is 11.5. The van der Waals surface area contributed by atoms with Gasteiger partial charge in [0.05, 0.1) is 24.1 Å². The molecule has 0 saturated carbocycles. The first kappa shape index (κ1) is 27.5. The van der Waals surface area contributed by atoms with Crippen LogP contribution in [0.1, 0.15) is 35.0 Å². The average molecular weight is 516 g/mol. The van der Waals surface area contributed by atoms with Gasteiger partial charge in [0.15, 0.2) is 0 Å². The minimum atomic E-state index is -3.02. The molecule has 3 rings (SSSR count). The summed E-state index contributed by atoms with van der Waals surface area (Å²) in [6.45, 7) is 6.55. The number of hydrogen-bond donors (Lipinski definition) is 2. The van der Waals surface area contributed by atoms with Gasteiger partial charge >= 0.3 is 0 Å². The number of anilines is 1. The molecule has 0 aliphatic carbocycles. The third kappa shape index (κ3) is 8.83. The lowest BCUT2D eigenvalue weighted by molar-refractivity contribution is 0.0175. The normalized spacial score (nSPS) is 15.1. The van der Waals surface area contributed by atoms with Crippen molar-refractivity contribution in [1.29, 1.82) is 0 Å². The number of alkyl halides is 3. The second kappa shape index (κ2) is 13.3. The third-order valence-electron chi connectivity index (χ3n) is 5.14. The predicted octanol–water partition coefficient (Wildman–Crippen LogP) is 3.96. The summed E-state index contributed by atoms with van der Waals surface area (Å²) < 4.78 is 45.1. The average Bonchev–Trinajstić information content (AvgIpc) is 3.17. The number of pyridine rings is 1. The molecule has 9 nitrogen and oxygen atoms in total. The van der Waals surface area contributed by atoms with Gasteiger partial charge in [-0.3, -0.25) is 9.78 Å². The molecular weight excluding hydrogens is 487 g/mol. The van der Waals surface area contributed by atoms with E-state index in [1.165, 1.54) is 42.7 Å². The molecule has 2 N–H and O–H groups in total. The number of halogens is 3. The van der Waals surface area contributed by atoms with E-state index in [9.17, 15) is 18.0 Å². The zero-order chi connectivity index (χ0) is 26.7. The van der Waals surface area contributed by atoms with Gasteiger partial charge in [0.1, 0.15) is 12.5 Å². The van der Waals surface area contributed by atoms with E-state index in [2.05, 4.69) is 37.4 Å². The lowest BCUT2D eigenvalue weighted by atomic mass is 10.1.